The van der Waals surface area contributed by atoms with E-state index in [1.54, 1.807) is 0 Å². The quantitative estimate of drug-likeness (QED) is 0.0430. The highest BCUT2D eigenvalue weighted by Crippen LogP contribution is 2.26. The van der Waals surface area contributed by atoms with E-state index in [-0.39, 0.29) is 0 Å². The van der Waals surface area contributed by atoms with Crippen LogP contribution in [0.4, 0.5) is 5.69 Å². The lowest BCUT2D eigenvalue weighted by Crippen LogP contribution is -2.42. The molecule has 1 aliphatic heterocycles. The summed E-state index contributed by atoms with van der Waals surface area (Å²) in [6.07, 6.45) is 31.1. The van der Waals surface area contributed by atoms with Gasteiger partial charge in [-0.3, -0.25) is 0 Å². The Kier molecular flexibility index (Phi) is 19.6. The number of quaternary nitrogens is 2. The second-order valence-electron chi connectivity index (χ2n) is 17.0. The van der Waals surface area contributed by atoms with Crippen molar-refractivity contribution in [2.75, 3.05) is 111 Å². The van der Waals surface area contributed by atoms with E-state index in [2.05, 4.69) is 194 Å². The molecule has 1 aromatic carbocycles. The van der Waals surface area contributed by atoms with E-state index in [0.717, 1.165) is 61.0 Å². The van der Waals surface area contributed by atoms with E-state index < -0.39 is 0 Å². The smallest absolute Gasteiger partial charge is 0.169 e. The summed E-state index contributed by atoms with van der Waals surface area (Å²) in [7, 11) is 18.3. The maximum Gasteiger partial charge on any atom is 0.169 e. The number of rotatable bonds is 25. The Morgan fingerprint density at radius 1 is 0.714 bits per heavy atom. The van der Waals surface area contributed by atoms with Crippen LogP contribution < -0.4 is 9.47 Å². The fraction of sp³-hybridized carbons (Fsp3) is 0.542. The van der Waals surface area contributed by atoms with Gasteiger partial charge in [0.15, 0.2) is 18.6 Å². The van der Waals surface area contributed by atoms with Gasteiger partial charge in [0, 0.05) is 100 Å². The minimum Gasteiger partial charge on any atom is -0.374 e. The van der Waals surface area contributed by atoms with Crippen LogP contribution in [0.15, 0.2) is 96.0 Å². The third-order valence-electron chi connectivity index (χ3n) is 11.4. The number of allylic oxidation sites excluding steroid dienone is 6. The first-order valence-electron chi connectivity index (χ1n) is 21.4. The molecule has 2 aliphatic rings. The summed E-state index contributed by atoms with van der Waals surface area (Å²) in [5, 5.41) is 0. The van der Waals surface area contributed by atoms with Crippen molar-refractivity contribution in [2.45, 2.75) is 65.3 Å². The van der Waals surface area contributed by atoms with E-state index in [1.807, 2.05) is 0 Å². The zero-order valence-corrected chi connectivity index (χ0v) is 38.1. The lowest BCUT2D eigenvalue weighted by Gasteiger charge is -2.32. The molecule has 0 radical (unpaired) electrons. The van der Waals surface area contributed by atoms with Crippen molar-refractivity contribution >= 4 is 45.6 Å². The highest BCUT2D eigenvalue weighted by molar-refractivity contribution is 8.76. The molecule has 0 bridgehead atoms. The standard InChI is InChI=1S/C48H76N6S2/c1-9-51-33-27-43(28-34-51)23-25-45-19-11-13-21-47(45)49(3)31-15-37-53(5,6)39-17-41-55-56-42-18-40-54(7,8)38-16-32-50(4)48-22-14-12-20-46(48)26-24-44-29-35-52(10-2)36-30-44/h11,13-14,19,21-27,29-30,33,35-36H,9-10,12,15-18,20,28,31-32,34,37-42H2,1-8H3/q+4. The second kappa shape index (κ2) is 24.0. The number of anilines is 1. The number of nitrogens with zero attached hydrogens (tertiary/aromatic N) is 6. The van der Waals surface area contributed by atoms with Crippen molar-refractivity contribution in [1.29, 1.82) is 0 Å². The summed E-state index contributed by atoms with van der Waals surface area (Å²) < 4.78 is 6.78. The Labute approximate surface area is 350 Å². The molecule has 6 nitrogen and oxygen atoms in total. The number of aromatic nitrogens is 1. The molecule has 0 unspecified atom stereocenters. The Bertz CT molecular complexity index is 1670. The number of para-hydroxylation sites is 1. The number of hydrogen-bond acceptors (Lipinski definition) is 4. The highest BCUT2D eigenvalue weighted by Gasteiger charge is 2.18. The molecule has 1 aromatic heterocycles. The summed E-state index contributed by atoms with van der Waals surface area (Å²) in [4.78, 5) is 4.92. The number of pyridine rings is 1. The normalized spacial score (nSPS) is 15.2. The topological polar surface area (TPSA) is 13.4 Å². The van der Waals surface area contributed by atoms with Crippen molar-refractivity contribution < 1.29 is 18.1 Å². The minimum absolute atomic E-state index is 1.01. The van der Waals surface area contributed by atoms with Gasteiger partial charge in [-0.05, 0) is 61.1 Å². The number of benzene rings is 1. The lowest BCUT2D eigenvalue weighted by atomic mass is 10.00. The summed E-state index contributed by atoms with van der Waals surface area (Å²) in [6.45, 7) is 14.7. The molecule has 0 atom stereocenters. The van der Waals surface area contributed by atoms with Gasteiger partial charge in [0.05, 0.1) is 54.4 Å². The summed E-state index contributed by atoms with van der Waals surface area (Å²) in [6, 6.07) is 13.3. The lowest BCUT2D eigenvalue weighted by molar-refractivity contribution is -0.890. The highest BCUT2D eigenvalue weighted by atomic mass is 33.1. The van der Waals surface area contributed by atoms with Crippen molar-refractivity contribution in [1.82, 2.24) is 4.90 Å². The molecule has 0 amide bonds. The molecule has 56 heavy (non-hydrogen) atoms. The van der Waals surface area contributed by atoms with Crippen molar-refractivity contribution in [3.05, 3.63) is 107 Å². The molecule has 1 aliphatic carbocycles. The van der Waals surface area contributed by atoms with Crippen molar-refractivity contribution in [3.8, 4) is 0 Å². The molecular formula is C48H76N6S2+4. The Balaban J connectivity index is 1.06. The number of hydrogen-bond donors (Lipinski definition) is 0. The fourth-order valence-electron chi connectivity index (χ4n) is 7.56. The number of aryl methyl sites for hydroxylation is 1. The monoisotopic (exact) mass is 801 g/mol. The van der Waals surface area contributed by atoms with Gasteiger partial charge in [-0.1, -0.05) is 70.2 Å². The molecule has 0 saturated carbocycles. The predicted octanol–water partition coefficient (Wildman–Crippen LogP) is 9.22. The van der Waals surface area contributed by atoms with Crippen LogP contribution >= 0.6 is 21.6 Å². The van der Waals surface area contributed by atoms with Crippen molar-refractivity contribution in [2.24, 2.45) is 0 Å². The molecule has 0 N–H and O–H groups in total. The average molecular weight is 801 g/mol. The van der Waals surface area contributed by atoms with Crippen LogP contribution in [0.2, 0.25) is 0 Å². The van der Waals surface area contributed by atoms with Crippen LogP contribution in [-0.2, 0) is 6.54 Å². The van der Waals surface area contributed by atoms with E-state index in [0.29, 0.717) is 0 Å². The maximum atomic E-state index is 2.48. The molecule has 0 spiro atoms. The molecule has 0 fully saturated rings. The van der Waals surface area contributed by atoms with Gasteiger partial charge in [-0.2, -0.15) is 0 Å². The third kappa shape index (κ3) is 16.4. The first-order valence-corrected chi connectivity index (χ1v) is 23.9. The van der Waals surface area contributed by atoms with E-state index in [1.165, 1.54) is 97.0 Å². The van der Waals surface area contributed by atoms with E-state index in [4.69, 9.17) is 0 Å². The van der Waals surface area contributed by atoms with Gasteiger partial charge in [-0.15, -0.1) is 0 Å². The molecule has 2 heterocycles. The van der Waals surface area contributed by atoms with Gasteiger partial charge < -0.3 is 18.8 Å². The predicted molar refractivity (Wildman–Crippen MR) is 250 cm³/mol. The van der Waals surface area contributed by atoms with Crippen LogP contribution in [0.3, 0.4) is 0 Å². The first-order chi connectivity index (χ1) is 27.0. The molecule has 0 saturated heterocycles. The van der Waals surface area contributed by atoms with Crippen LogP contribution in [0.25, 0.3) is 12.2 Å². The largest absolute Gasteiger partial charge is 0.374 e. The fourth-order valence-corrected chi connectivity index (χ4v) is 9.71. The van der Waals surface area contributed by atoms with Gasteiger partial charge in [-0.25, -0.2) is 9.14 Å². The Morgan fingerprint density at radius 2 is 1.36 bits per heavy atom. The van der Waals surface area contributed by atoms with Gasteiger partial charge in [0.1, 0.15) is 19.6 Å². The maximum absolute atomic E-state index is 2.48. The molecular weight excluding hydrogens is 725 g/mol. The van der Waals surface area contributed by atoms with Crippen LogP contribution in [0.1, 0.15) is 69.9 Å². The second-order valence-corrected chi connectivity index (χ2v) is 19.7. The third-order valence-corrected chi connectivity index (χ3v) is 13.9. The average Bonchev–Trinajstić information content (AvgIpc) is 3.20. The molecule has 8 heteroatoms. The zero-order valence-electron chi connectivity index (χ0n) is 36.5. The zero-order chi connectivity index (χ0) is 40.2. The van der Waals surface area contributed by atoms with Gasteiger partial charge >= 0.3 is 0 Å². The molecule has 306 valence electrons. The van der Waals surface area contributed by atoms with Crippen LogP contribution in [0, 0.1) is 0 Å². The Morgan fingerprint density at radius 3 is 1.98 bits per heavy atom. The summed E-state index contributed by atoms with van der Waals surface area (Å²) in [5.74, 6) is 2.49. The SMILES string of the molecule is CC[N+]1=CC=C(/C=C/c2ccccc2N(C)CCC[N+](C)(C)CCCSSCCC[N+](C)(C)CCCN(C)C2=C(/C=C/c3cc[n+](CC)cc3)CCC=C2)CC1. The number of likely N-dealkylation sites (N-methyl/N-ethyl adjacent to an activating group) is 1. The Hall–Kier alpha value is -3.04. The van der Waals surface area contributed by atoms with Crippen LogP contribution in [0.5, 0.6) is 0 Å². The van der Waals surface area contributed by atoms with Crippen LogP contribution in [-0.4, -0.2) is 131 Å². The van der Waals surface area contributed by atoms with E-state index in [9.17, 15) is 0 Å². The van der Waals surface area contributed by atoms with Gasteiger partial charge in [0.25, 0.3) is 0 Å². The van der Waals surface area contributed by atoms with Gasteiger partial charge in [0.2, 0.25) is 0 Å². The summed E-state index contributed by atoms with van der Waals surface area (Å²) in [5.41, 5.74) is 8.14. The molecule has 4 rings (SSSR count). The minimum atomic E-state index is 1.01. The molecule has 2 aromatic rings. The van der Waals surface area contributed by atoms with Crippen molar-refractivity contribution in [3.63, 3.8) is 0 Å². The van der Waals surface area contributed by atoms with E-state index >= 15 is 0 Å². The first kappa shape index (κ1) is 45.7. The summed E-state index contributed by atoms with van der Waals surface area (Å²) >= 11 is 0.